The van der Waals surface area contributed by atoms with E-state index in [9.17, 15) is 0 Å². The van der Waals surface area contributed by atoms with E-state index in [1.54, 1.807) is 11.3 Å². The molecule has 96 valence electrons. The molecule has 0 radical (unpaired) electrons. The molecule has 2 nitrogen and oxygen atoms in total. The predicted octanol–water partition coefficient (Wildman–Crippen LogP) is 3.68. The normalized spacial score (nSPS) is 20.8. The lowest BCUT2D eigenvalue weighted by Crippen LogP contribution is -2.33. The molecule has 1 saturated carbocycles. The Hall–Kier alpha value is -0.410. The monoisotopic (exact) mass is 252 g/mol. The molecule has 2 rings (SSSR count). The highest BCUT2D eigenvalue weighted by atomic mass is 32.1. The number of thiazole rings is 1. The van der Waals surface area contributed by atoms with E-state index in [1.165, 1.54) is 55.6 Å². The first-order valence-corrected chi connectivity index (χ1v) is 7.73. The number of rotatable bonds is 3. The Morgan fingerprint density at radius 2 is 1.88 bits per heavy atom. The van der Waals surface area contributed by atoms with Crippen molar-refractivity contribution >= 4 is 11.3 Å². The Morgan fingerprint density at radius 3 is 2.41 bits per heavy atom. The third-order valence-corrected chi connectivity index (χ3v) is 4.89. The molecule has 0 atom stereocenters. The molecule has 0 saturated heterocycles. The fraction of sp³-hybridized carbons (Fsp3) is 0.786. The zero-order valence-corrected chi connectivity index (χ0v) is 11.7. The SMILES string of the molecule is Cc1nc(CC2(CN)CCCCCCC2)cs1. The minimum atomic E-state index is 0.334. The summed E-state index contributed by atoms with van der Waals surface area (Å²) >= 11 is 1.76. The third-order valence-electron chi connectivity index (χ3n) is 4.07. The first-order chi connectivity index (χ1) is 8.24. The van der Waals surface area contributed by atoms with Gasteiger partial charge in [-0.25, -0.2) is 4.98 Å². The Labute approximate surface area is 109 Å². The summed E-state index contributed by atoms with van der Waals surface area (Å²) in [4.78, 5) is 4.61. The van der Waals surface area contributed by atoms with Crippen LogP contribution in [0.1, 0.15) is 55.6 Å². The average molecular weight is 252 g/mol. The lowest BCUT2D eigenvalue weighted by molar-refractivity contribution is 0.215. The first kappa shape index (κ1) is 13.0. The van der Waals surface area contributed by atoms with E-state index in [4.69, 9.17) is 5.73 Å². The second-order valence-electron chi connectivity index (χ2n) is 5.51. The summed E-state index contributed by atoms with van der Waals surface area (Å²) in [5, 5.41) is 3.39. The van der Waals surface area contributed by atoms with Crippen LogP contribution in [0.5, 0.6) is 0 Å². The minimum Gasteiger partial charge on any atom is -0.330 e. The lowest BCUT2D eigenvalue weighted by Gasteiger charge is -2.34. The van der Waals surface area contributed by atoms with Gasteiger partial charge in [-0.15, -0.1) is 11.3 Å². The number of aromatic nitrogens is 1. The van der Waals surface area contributed by atoms with Crippen LogP contribution in [-0.2, 0) is 6.42 Å². The Balaban J connectivity index is 2.05. The molecule has 3 heteroatoms. The molecule has 2 N–H and O–H groups in total. The van der Waals surface area contributed by atoms with Crippen LogP contribution in [0.2, 0.25) is 0 Å². The smallest absolute Gasteiger partial charge is 0.0897 e. The van der Waals surface area contributed by atoms with Crippen molar-refractivity contribution in [3.63, 3.8) is 0 Å². The largest absolute Gasteiger partial charge is 0.330 e. The van der Waals surface area contributed by atoms with E-state index < -0.39 is 0 Å². The van der Waals surface area contributed by atoms with Gasteiger partial charge < -0.3 is 5.73 Å². The summed E-state index contributed by atoms with van der Waals surface area (Å²) in [5.41, 5.74) is 7.69. The van der Waals surface area contributed by atoms with Crippen LogP contribution in [0.3, 0.4) is 0 Å². The van der Waals surface area contributed by atoms with Gasteiger partial charge in [0.15, 0.2) is 0 Å². The van der Waals surface area contributed by atoms with Crippen molar-refractivity contribution in [1.82, 2.24) is 4.98 Å². The molecule has 1 aromatic rings. The summed E-state index contributed by atoms with van der Waals surface area (Å²) in [7, 11) is 0. The van der Waals surface area contributed by atoms with Gasteiger partial charge in [-0.2, -0.15) is 0 Å². The van der Waals surface area contributed by atoms with E-state index in [0.29, 0.717) is 5.41 Å². The number of aryl methyl sites for hydroxylation is 1. The molecule has 1 aliphatic carbocycles. The summed E-state index contributed by atoms with van der Waals surface area (Å²) in [6, 6.07) is 0. The maximum absolute atomic E-state index is 6.09. The predicted molar refractivity (Wildman–Crippen MR) is 74.4 cm³/mol. The first-order valence-electron chi connectivity index (χ1n) is 6.85. The number of nitrogens with zero attached hydrogens (tertiary/aromatic N) is 1. The van der Waals surface area contributed by atoms with Crippen molar-refractivity contribution in [3.8, 4) is 0 Å². The third kappa shape index (κ3) is 3.52. The van der Waals surface area contributed by atoms with Gasteiger partial charge in [-0.3, -0.25) is 0 Å². The van der Waals surface area contributed by atoms with Crippen molar-refractivity contribution in [1.29, 1.82) is 0 Å². The molecule has 1 aliphatic rings. The zero-order chi connectivity index (χ0) is 12.1. The van der Waals surface area contributed by atoms with Crippen molar-refractivity contribution in [2.75, 3.05) is 6.54 Å². The van der Waals surface area contributed by atoms with Crippen LogP contribution < -0.4 is 5.73 Å². The van der Waals surface area contributed by atoms with Crippen molar-refractivity contribution in [2.24, 2.45) is 11.1 Å². The Kier molecular flexibility index (Phi) is 4.57. The van der Waals surface area contributed by atoms with Gasteiger partial charge in [0.2, 0.25) is 0 Å². The van der Waals surface area contributed by atoms with E-state index in [1.807, 2.05) is 0 Å². The van der Waals surface area contributed by atoms with Crippen molar-refractivity contribution in [3.05, 3.63) is 16.1 Å². The fourth-order valence-electron chi connectivity index (χ4n) is 2.98. The highest BCUT2D eigenvalue weighted by molar-refractivity contribution is 7.09. The molecule has 0 aliphatic heterocycles. The van der Waals surface area contributed by atoms with Gasteiger partial charge >= 0.3 is 0 Å². The summed E-state index contributed by atoms with van der Waals surface area (Å²) < 4.78 is 0. The molecule has 0 unspecified atom stereocenters. The van der Waals surface area contributed by atoms with Crippen molar-refractivity contribution < 1.29 is 0 Å². The Morgan fingerprint density at radius 1 is 1.24 bits per heavy atom. The average Bonchev–Trinajstić information content (AvgIpc) is 2.68. The molecule has 0 spiro atoms. The van der Waals surface area contributed by atoms with Gasteiger partial charge in [0.25, 0.3) is 0 Å². The standard InChI is InChI=1S/C14H24N2S/c1-12-16-13(10-17-12)9-14(11-15)7-5-3-2-4-6-8-14/h10H,2-9,11,15H2,1H3. The summed E-state index contributed by atoms with van der Waals surface area (Å²) in [6.45, 7) is 2.91. The highest BCUT2D eigenvalue weighted by Crippen LogP contribution is 2.36. The van der Waals surface area contributed by atoms with Crippen LogP contribution in [0.15, 0.2) is 5.38 Å². The van der Waals surface area contributed by atoms with E-state index >= 15 is 0 Å². The van der Waals surface area contributed by atoms with Crippen LogP contribution in [-0.4, -0.2) is 11.5 Å². The quantitative estimate of drug-likeness (QED) is 0.891. The zero-order valence-electron chi connectivity index (χ0n) is 10.9. The van der Waals surface area contributed by atoms with E-state index in [-0.39, 0.29) is 0 Å². The second-order valence-corrected chi connectivity index (χ2v) is 6.57. The summed E-state index contributed by atoms with van der Waals surface area (Å²) in [6.07, 6.45) is 10.6. The molecule has 0 aromatic carbocycles. The van der Waals surface area contributed by atoms with Crippen LogP contribution in [0, 0.1) is 12.3 Å². The van der Waals surface area contributed by atoms with Gasteiger partial charge in [0.05, 0.1) is 10.7 Å². The van der Waals surface area contributed by atoms with E-state index in [0.717, 1.165) is 13.0 Å². The maximum Gasteiger partial charge on any atom is 0.0897 e. The second kappa shape index (κ2) is 5.96. The topological polar surface area (TPSA) is 38.9 Å². The number of hydrogen-bond donors (Lipinski definition) is 1. The van der Waals surface area contributed by atoms with Gasteiger partial charge in [0.1, 0.15) is 0 Å². The lowest BCUT2D eigenvalue weighted by atomic mass is 9.73. The molecule has 1 fully saturated rings. The number of nitrogens with two attached hydrogens (primary N) is 1. The molecule has 1 heterocycles. The maximum atomic E-state index is 6.09. The summed E-state index contributed by atoms with van der Waals surface area (Å²) in [5.74, 6) is 0. The van der Waals surface area contributed by atoms with Crippen LogP contribution >= 0.6 is 11.3 Å². The fourth-order valence-corrected chi connectivity index (χ4v) is 3.59. The highest BCUT2D eigenvalue weighted by Gasteiger charge is 2.29. The minimum absolute atomic E-state index is 0.334. The Bertz CT molecular complexity index is 338. The van der Waals surface area contributed by atoms with E-state index in [2.05, 4.69) is 17.3 Å². The van der Waals surface area contributed by atoms with Gasteiger partial charge in [-0.05, 0) is 38.1 Å². The van der Waals surface area contributed by atoms with Crippen molar-refractivity contribution in [2.45, 2.75) is 58.3 Å². The molecule has 0 bridgehead atoms. The molecular formula is C14H24N2S. The molecular weight excluding hydrogens is 228 g/mol. The molecule has 17 heavy (non-hydrogen) atoms. The van der Waals surface area contributed by atoms with Crippen LogP contribution in [0.4, 0.5) is 0 Å². The molecule has 0 amide bonds. The molecule has 1 aromatic heterocycles. The number of hydrogen-bond acceptors (Lipinski definition) is 3. The van der Waals surface area contributed by atoms with Gasteiger partial charge in [-0.1, -0.05) is 32.1 Å². The van der Waals surface area contributed by atoms with Crippen LogP contribution in [0.25, 0.3) is 0 Å². The van der Waals surface area contributed by atoms with Gasteiger partial charge in [0, 0.05) is 5.38 Å².